The standard InChI is InChI=1S/C11H11F2NO3/c1-17-10(16)11(12,13)9(15)14-7-8-5-3-2-4-6-8/h2-6H,7H2,1H3,(H,14,15). The van der Waals surface area contributed by atoms with Gasteiger partial charge in [0.2, 0.25) is 0 Å². The lowest BCUT2D eigenvalue weighted by atomic mass is 10.2. The molecule has 6 heteroatoms. The summed E-state index contributed by atoms with van der Waals surface area (Å²) in [5.74, 6) is -7.71. The van der Waals surface area contributed by atoms with E-state index in [1.807, 2.05) is 5.32 Å². The molecule has 0 atom stereocenters. The summed E-state index contributed by atoms with van der Waals surface area (Å²) in [4.78, 5) is 21.7. The lowest BCUT2D eigenvalue weighted by Gasteiger charge is -2.13. The van der Waals surface area contributed by atoms with Crippen LogP contribution in [0.5, 0.6) is 0 Å². The van der Waals surface area contributed by atoms with Gasteiger partial charge in [-0.3, -0.25) is 4.79 Å². The van der Waals surface area contributed by atoms with E-state index in [1.54, 1.807) is 30.3 Å². The van der Waals surface area contributed by atoms with Crippen LogP contribution < -0.4 is 5.32 Å². The van der Waals surface area contributed by atoms with E-state index in [-0.39, 0.29) is 6.54 Å². The van der Waals surface area contributed by atoms with Crippen LogP contribution in [0.25, 0.3) is 0 Å². The van der Waals surface area contributed by atoms with E-state index in [0.29, 0.717) is 5.56 Å². The molecule has 17 heavy (non-hydrogen) atoms. The second kappa shape index (κ2) is 5.38. The zero-order chi connectivity index (χ0) is 12.9. The molecule has 0 bridgehead atoms. The number of benzene rings is 1. The number of methoxy groups -OCH3 is 1. The minimum absolute atomic E-state index is 0.0771. The molecule has 4 nitrogen and oxygen atoms in total. The fourth-order valence-corrected chi connectivity index (χ4v) is 1.11. The van der Waals surface area contributed by atoms with Gasteiger partial charge in [-0.05, 0) is 5.56 Å². The predicted octanol–water partition coefficient (Wildman–Crippen LogP) is 1.11. The Morgan fingerprint density at radius 1 is 1.29 bits per heavy atom. The first-order valence-corrected chi connectivity index (χ1v) is 4.77. The first-order chi connectivity index (χ1) is 7.98. The average molecular weight is 243 g/mol. The van der Waals surface area contributed by atoms with Gasteiger partial charge in [0.05, 0.1) is 7.11 Å². The molecule has 1 aromatic carbocycles. The summed E-state index contributed by atoms with van der Waals surface area (Å²) in [6, 6.07) is 8.50. The molecule has 0 unspecified atom stereocenters. The van der Waals surface area contributed by atoms with Crippen molar-refractivity contribution in [1.29, 1.82) is 0 Å². The molecule has 0 radical (unpaired) electrons. The molecule has 0 aromatic heterocycles. The number of esters is 1. The molecule has 92 valence electrons. The Morgan fingerprint density at radius 2 is 1.88 bits per heavy atom. The fraction of sp³-hybridized carbons (Fsp3) is 0.273. The second-order valence-corrected chi connectivity index (χ2v) is 3.23. The highest BCUT2D eigenvalue weighted by Gasteiger charge is 2.48. The quantitative estimate of drug-likeness (QED) is 0.636. The summed E-state index contributed by atoms with van der Waals surface area (Å²) in [5.41, 5.74) is 0.654. The normalized spacial score (nSPS) is 10.8. The van der Waals surface area contributed by atoms with Crippen molar-refractivity contribution in [2.75, 3.05) is 7.11 Å². The topological polar surface area (TPSA) is 55.4 Å². The van der Waals surface area contributed by atoms with E-state index in [9.17, 15) is 18.4 Å². The summed E-state index contributed by atoms with van der Waals surface area (Å²) >= 11 is 0. The minimum atomic E-state index is -4.16. The molecule has 0 aliphatic heterocycles. The highest BCUT2D eigenvalue weighted by atomic mass is 19.3. The molecule has 0 saturated heterocycles. The van der Waals surface area contributed by atoms with Gasteiger partial charge in [0.15, 0.2) is 0 Å². The number of hydrogen-bond donors (Lipinski definition) is 1. The monoisotopic (exact) mass is 243 g/mol. The second-order valence-electron chi connectivity index (χ2n) is 3.23. The summed E-state index contributed by atoms with van der Waals surface area (Å²) in [5, 5.41) is 1.96. The van der Waals surface area contributed by atoms with Crippen molar-refractivity contribution in [1.82, 2.24) is 5.32 Å². The van der Waals surface area contributed by atoms with Crippen molar-refractivity contribution in [3.8, 4) is 0 Å². The highest BCUT2D eigenvalue weighted by molar-refractivity contribution is 6.04. The Morgan fingerprint density at radius 3 is 2.41 bits per heavy atom. The Balaban J connectivity index is 2.58. The van der Waals surface area contributed by atoms with Crippen LogP contribution in [0.2, 0.25) is 0 Å². The molecule has 0 saturated carbocycles. The maximum absolute atomic E-state index is 13.0. The van der Waals surface area contributed by atoms with Crippen molar-refractivity contribution in [2.45, 2.75) is 12.5 Å². The van der Waals surface area contributed by atoms with E-state index >= 15 is 0 Å². The highest BCUT2D eigenvalue weighted by Crippen LogP contribution is 2.15. The van der Waals surface area contributed by atoms with E-state index in [2.05, 4.69) is 4.74 Å². The van der Waals surface area contributed by atoms with Crippen LogP contribution in [0.15, 0.2) is 30.3 Å². The van der Waals surface area contributed by atoms with E-state index in [1.165, 1.54) is 0 Å². The van der Waals surface area contributed by atoms with Crippen LogP contribution in [0.3, 0.4) is 0 Å². The number of carbonyl (C=O) groups is 2. The van der Waals surface area contributed by atoms with Crippen LogP contribution in [0, 0.1) is 0 Å². The summed E-state index contributed by atoms with van der Waals surface area (Å²) in [6.45, 7) is -0.0771. The molecule has 1 aromatic rings. The molecular weight excluding hydrogens is 232 g/mol. The SMILES string of the molecule is COC(=O)C(F)(F)C(=O)NCc1ccccc1. The van der Waals surface area contributed by atoms with Gasteiger partial charge in [0.25, 0.3) is 0 Å². The molecule has 1 N–H and O–H groups in total. The van der Waals surface area contributed by atoms with Crippen LogP contribution in [0.4, 0.5) is 8.78 Å². The number of rotatable bonds is 4. The van der Waals surface area contributed by atoms with Gasteiger partial charge in [-0.25, -0.2) is 4.79 Å². The Hall–Kier alpha value is -1.98. The molecule has 1 amide bonds. The number of carbonyl (C=O) groups excluding carboxylic acids is 2. The summed E-state index contributed by atoms with van der Waals surface area (Å²) in [7, 11) is 0.792. The van der Waals surface area contributed by atoms with Crippen molar-refractivity contribution in [3.63, 3.8) is 0 Å². The smallest absolute Gasteiger partial charge is 0.418 e. The number of halogens is 2. The number of alkyl halides is 2. The maximum Gasteiger partial charge on any atom is 0.418 e. The summed E-state index contributed by atoms with van der Waals surface area (Å²) < 4.78 is 29.9. The van der Waals surface area contributed by atoms with Gasteiger partial charge in [-0.2, -0.15) is 8.78 Å². The van der Waals surface area contributed by atoms with E-state index < -0.39 is 17.8 Å². The number of nitrogens with one attached hydrogen (secondary N) is 1. The van der Waals surface area contributed by atoms with E-state index in [0.717, 1.165) is 7.11 Å². The third-order valence-corrected chi connectivity index (χ3v) is 2.02. The number of amides is 1. The number of hydrogen-bond acceptors (Lipinski definition) is 3. The fourth-order valence-electron chi connectivity index (χ4n) is 1.11. The molecule has 1 rings (SSSR count). The van der Waals surface area contributed by atoms with Gasteiger partial charge in [0, 0.05) is 6.54 Å². The maximum atomic E-state index is 13.0. The molecule has 0 heterocycles. The van der Waals surface area contributed by atoms with Gasteiger partial charge in [-0.1, -0.05) is 30.3 Å². The van der Waals surface area contributed by atoms with Gasteiger partial charge in [-0.15, -0.1) is 0 Å². The first kappa shape index (κ1) is 13.1. The molecule has 0 aliphatic carbocycles. The average Bonchev–Trinajstić information content (AvgIpc) is 2.35. The first-order valence-electron chi connectivity index (χ1n) is 4.77. The zero-order valence-electron chi connectivity index (χ0n) is 9.07. The molecule has 0 fully saturated rings. The van der Waals surface area contributed by atoms with Crippen molar-refractivity contribution >= 4 is 11.9 Å². The molecule has 0 spiro atoms. The van der Waals surface area contributed by atoms with Gasteiger partial charge in [0.1, 0.15) is 0 Å². The molecule has 0 aliphatic rings. The lowest BCUT2D eigenvalue weighted by Crippen LogP contribution is -2.46. The number of ether oxygens (including phenoxy) is 1. The van der Waals surface area contributed by atoms with Crippen LogP contribution in [-0.2, 0) is 20.9 Å². The largest absolute Gasteiger partial charge is 0.464 e. The Labute approximate surface area is 96.6 Å². The third kappa shape index (κ3) is 3.24. The Kier molecular flexibility index (Phi) is 4.14. The van der Waals surface area contributed by atoms with Crippen LogP contribution in [-0.4, -0.2) is 24.9 Å². The van der Waals surface area contributed by atoms with Gasteiger partial charge >= 0.3 is 17.8 Å². The zero-order valence-corrected chi connectivity index (χ0v) is 9.07. The minimum Gasteiger partial charge on any atom is -0.464 e. The van der Waals surface area contributed by atoms with E-state index in [4.69, 9.17) is 0 Å². The lowest BCUT2D eigenvalue weighted by molar-refractivity contribution is -0.175. The third-order valence-electron chi connectivity index (χ3n) is 2.02. The van der Waals surface area contributed by atoms with Crippen molar-refractivity contribution < 1.29 is 23.1 Å². The Bertz CT molecular complexity index is 406. The van der Waals surface area contributed by atoms with Crippen molar-refractivity contribution in [3.05, 3.63) is 35.9 Å². The van der Waals surface area contributed by atoms with Crippen LogP contribution >= 0.6 is 0 Å². The molecular formula is C11H11F2NO3. The van der Waals surface area contributed by atoms with Gasteiger partial charge < -0.3 is 10.1 Å². The van der Waals surface area contributed by atoms with Crippen LogP contribution in [0.1, 0.15) is 5.56 Å². The predicted molar refractivity (Wildman–Crippen MR) is 55.3 cm³/mol. The van der Waals surface area contributed by atoms with Crippen molar-refractivity contribution in [2.24, 2.45) is 0 Å². The summed E-state index contributed by atoms with van der Waals surface area (Å²) in [6.07, 6.45) is 0.